The molecule has 0 radical (unpaired) electrons. The van der Waals surface area contributed by atoms with Crippen molar-refractivity contribution in [1.29, 1.82) is 0 Å². The lowest BCUT2D eigenvalue weighted by atomic mass is 10.0. The van der Waals surface area contributed by atoms with Gasteiger partial charge in [0.25, 0.3) is 0 Å². The molecule has 0 amide bonds. The van der Waals surface area contributed by atoms with Crippen LogP contribution in [0.2, 0.25) is 0 Å². The van der Waals surface area contributed by atoms with Crippen LogP contribution in [0.3, 0.4) is 0 Å². The molecule has 3 heterocycles. The average Bonchev–Trinajstić information content (AvgIpc) is 3.03. The molecule has 0 aromatic carbocycles. The van der Waals surface area contributed by atoms with Crippen LogP contribution >= 0.6 is 0 Å². The molecular weight excluding hydrogens is 200 g/mol. The summed E-state index contributed by atoms with van der Waals surface area (Å²) in [6.45, 7) is 3.19. The van der Waals surface area contributed by atoms with Crippen LogP contribution in [-0.2, 0) is 4.74 Å². The maximum absolute atomic E-state index is 5.66. The third-order valence-electron chi connectivity index (χ3n) is 4.53. The summed E-state index contributed by atoms with van der Waals surface area (Å²) in [6.07, 6.45) is 8.44. The number of nitrogens with zero attached hydrogens (tertiary/aromatic N) is 1. The Bertz CT molecular complexity index is 374. The van der Waals surface area contributed by atoms with Crippen molar-refractivity contribution in [3.8, 4) is 0 Å². The van der Waals surface area contributed by atoms with Gasteiger partial charge in [-0.25, -0.2) is 0 Å². The van der Waals surface area contributed by atoms with E-state index in [2.05, 4.69) is 22.5 Å². The second kappa shape index (κ2) is 3.27. The summed E-state index contributed by atoms with van der Waals surface area (Å²) in [5, 5.41) is 3.58. The lowest BCUT2D eigenvalue weighted by Gasteiger charge is -2.35. The highest BCUT2D eigenvalue weighted by Gasteiger charge is 2.42. The van der Waals surface area contributed by atoms with Crippen molar-refractivity contribution >= 4 is 0 Å². The smallest absolute Gasteiger partial charge is 0.138 e. The molecule has 3 atom stereocenters. The Morgan fingerprint density at radius 3 is 3.19 bits per heavy atom. The van der Waals surface area contributed by atoms with Crippen LogP contribution in [0.15, 0.2) is 23.6 Å². The molecule has 2 bridgehead atoms. The predicted octanol–water partition coefficient (Wildman–Crippen LogP) is 1.24. The first-order valence-electron chi connectivity index (χ1n) is 6.43. The van der Waals surface area contributed by atoms with Crippen LogP contribution in [0.4, 0.5) is 0 Å². The second-order valence-corrected chi connectivity index (χ2v) is 5.42. The van der Waals surface area contributed by atoms with Crippen LogP contribution in [0.1, 0.15) is 19.3 Å². The van der Waals surface area contributed by atoms with Crippen LogP contribution in [0, 0.1) is 5.92 Å². The van der Waals surface area contributed by atoms with Crippen molar-refractivity contribution < 1.29 is 4.74 Å². The van der Waals surface area contributed by atoms with E-state index in [1.807, 2.05) is 0 Å². The minimum absolute atomic E-state index is 0.751. The fraction of sp³-hybridized carbons (Fsp3) is 0.692. The van der Waals surface area contributed by atoms with Crippen molar-refractivity contribution in [3.63, 3.8) is 0 Å². The molecule has 2 saturated heterocycles. The van der Waals surface area contributed by atoms with Gasteiger partial charge in [-0.05, 0) is 24.3 Å². The Balaban J connectivity index is 1.56. The standard InChI is InChI=1S/C13H18N2O/c1-3-15(8-13-9(1)2-4-16-13)12-6-11-5-10(12)7-14-11/h1,8,10-12,14H,2-7H2. The van der Waals surface area contributed by atoms with Crippen molar-refractivity contribution in [2.75, 3.05) is 19.7 Å². The molecule has 3 aliphatic heterocycles. The molecule has 1 aliphatic carbocycles. The zero-order chi connectivity index (χ0) is 10.5. The Hall–Kier alpha value is -0.960. The molecule has 4 rings (SSSR count). The van der Waals surface area contributed by atoms with E-state index in [9.17, 15) is 0 Å². The molecule has 0 aromatic rings. The summed E-state index contributed by atoms with van der Waals surface area (Å²) >= 11 is 0. The maximum atomic E-state index is 5.66. The predicted molar refractivity (Wildman–Crippen MR) is 61.7 cm³/mol. The van der Waals surface area contributed by atoms with Gasteiger partial charge in [0.15, 0.2) is 0 Å². The minimum atomic E-state index is 0.751. The van der Waals surface area contributed by atoms with Crippen LogP contribution in [0.5, 0.6) is 0 Å². The molecule has 4 aliphatic rings. The number of ether oxygens (including phenoxy) is 1. The normalized spacial score (nSPS) is 40.5. The van der Waals surface area contributed by atoms with Crippen molar-refractivity contribution in [1.82, 2.24) is 10.2 Å². The van der Waals surface area contributed by atoms with Gasteiger partial charge in [-0.3, -0.25) is 0 Å². The van der Waals surface area contributed by atoms with Gasteiger partial charge in [-0.1, -0.05) is 6.08 Å². The molecule has 3 fully saturated rings. The number of nitrogens with one attached hydrogen (secondary N) is 1. The first-order chi connectivity index (χ1) is 7.90. The van der Waals surface area contributed by atoms with E-state index in [1.54, 1.807) is 0 Å². The Morgan fingerprint density at radius 1 is 1.38 bits per heavy atom. The van der Waals surface area contributed by atoms with Gasteiger partial charge in [0, 0.05) is 37.8 Å². The van der Waals surface area contributed by atoms with E-state index in [0.29, 0.717) is 0 Å². The zero-order valence-electron chi connectivity index (χ0n) is 9.48. The molecule has 86 valence electrons. The molecule has 0 aromatic heterocycles. The fourth-order valence-corrected chi connectivity index (χ4v) is 3.67. The topological polar surface area (TPSA) is 24.5 Å². The zero-order valence-corrected chi connectivity index (χ0v) is 9.48. The molecule has 3 unspecified atom stereocenters. The average molecular weight is 218 g/mol. The molecule has 0 spiro atoms. The summed E-state index contributed by atoms with van der Waals surface area (Å²) in [5.74, 6) is 2.00. The third kappa shape index (κ3) is 1.24. The molecule has 16 heavy (non-hydrogen) atoms. The number of piperidine rings is 1. The molecule has 1 saturated carbocycles. The second-order valence-electron chi connectivity index (χ2n) is 5.42. The summed E-state index contributed by atoms with van der Waals surface area (Å²) in [5.41, 5.74) is 1.43. The van der Waals surface area contributed by atoms with Crippen LogP contribution < -0.4 is 5.32 Å². The monoisotopic (exact) mass is 218 g/mol. The summed E-state index contributed by atoms with van der Waals surface area (Å²) in [4.78, 5) is 2.51. The van der Waals surface area contributed by atoms with E-state index >= 15 is 0 Å². The van der Waals surface area contributed by atoms with Gasteiger partial charge in [-0.15, -0.1) is 0 Å². The number of hydrogen-bond donors (Lipinski definition) is 1. The number of fused-ring (bicyclic) bond motifs is 3. The lowest BCUT2D eigenvalue weighted by Crippen LogP contribution is -2.42. The third-order valence-corrected chi connectivity index (χ3v) is 4.53. The van der Waals surface area contributed by atoms with Gasteiger partial charge in [-0.2, -0.15) is 0 Å². The molecule has 3 heteroatoms. The molecule has 1 N–H and O–H groups in total. The first kappa shape index (κ1) is 9.11. The summed E-state index contributed by atoms with van der Waals surface area (Å²) in [7, 11) is 0. The highest BCUT2D eigenvalue weighted by molar-refractivity contribution is 5.32. The van der Waals surface area contributed by atoms with E-state index < -0.39 is 0 Å². The van der Waals surface area contributed by atoms with E-state index in [4.69, 9.17) is 4.74 Å². The van der Waals surface area contributed by atoms with Gasteiger partial charge in [0.05, 0.1) is 6.61 Å². The quantitative estimate of drug-likeness (QED) is 0.716. The van der Waals surface area contributed by atoms with Crippen molar-refractivity contribution in [2.45, 2.75) is 31.3 Å². The Morgan fingerprint density at radius 2 is 2.38 bits per heavy atom. The van der Waals surface area contributed by atoms with Crippen molar-refractivity contribution in [2.24, 2.45) is 5.92 Å². The van der Waals surface area contributed by atoms with Gasteiger partial charge >= 0.3 is 0 Å². The maximum Gasteiger partial charge on any atom is 0.138 e. The summed E-state index contributed by atoms with van der Waals surface area (Å²) in [6, 6.07) is 1.53. The lowest BCUT2D eigenvalue weighted by molar-refractivity contribution is 0.202. The van der Waals surface area contributed by atoms with E-state index in [0.717, 1.165) is 43.3 Å². The molecule has 3 nitrogen and oxygen atoms in total. The molecular formula is C13H18N2O. The Kier molecular flexibility index (Phi) is 1.86. The van der Waals surface area contributed by atoms with Gasteiger partial charge in [0.1, 0.15) is 5.76 Å². The highest BCUT2D eigenvalue weighted by atomic mass is 16.5. The van der Waals surface area contributed by atoms with Crippen LogP contribution in [-0.4, -0.2) is 36.7 Å². The highest BCUT2D eigenvalue weighted by Crippen LogP contribution is 2.37. The van der Waals surface area contributed by atoms with Crippen LogP contribution in [0.25, 0.3) is 0 Å². The minimum Gasteiger partial charge on any atom is -0.491 e. The summed E-state index contributed by atoms with van der Waals surface area (Å²) < 4.78 is 5.66. The number of rotatable bonds is 1. The van der Waals surface area contributed by atoms with E-state index in [-0.39, 0.29) is 0 Å². The SMILES string of the molecule is C1=C2CCOC2=CN(C2CC3CC2CN3)C1. The Labute approximate surface area is 96.1 Å². The fourth-order valence-electron chi connectivity index (χ4n) is 3.67. The largest absolute Gasteiger partial charge is 0.491 e. The van der Waals surface area contributed by atoms with Gasteiger partial charge < -0.3 is 15.0 Å². The van der Waals surface area contributed by atoms with Gasteiger partial charge in [0.2, 0.25) is 0 Å². The number of hydrogen-bond acceptors (Lipinski definition) is 3. The number of allylic oxidation sites excluding steroid dienone is 1. The first-order valence-corrected chi connectivity index (χ1v) is 6.43. The van der Waals surface area contributed by atoms with Crippen molar-refractivity contribution in [3.05, 3.63) is 23.6 Å². The van der Waals surface area contributed by atoms with E-state index in [1.165, 1.54) is 25.0 Å².